The first kappa shape index (κ1) is 15.2. The molecule has 0 bridgehead atoms. The predicted octanol–water partition coefficient (Wildman–Crippen LogP) is 1.73. The molecule has 3 rings (SSSR count). The van der Waals surface area contributed by atoms with Crippen LogP contribution in [0.1, 0.15) is 24.0 Å². The number of carbonyl (C=O) groups is 1. The molecule has 1 fully saturated rings. The lowest BCUT2D eigenvalue weighted by Crippen LogP contribution is -2.38. The monoisotopic (exact) mass is 304 g/mol. The molecule has 2 aliphatic heterocycles. The van der Waals surface area contributed by atoms with Crippen LogP contribution in [0, 0.1) is 5.92 Å². The standard InChI is InChI=1S/C17H24N2O3/c1-21-16-4-3-15(13-5-8-18-11-14(13)16)19-9-6-12(7-10-19)17(20)22-2/h3-4,12,18H,5-11H2,1-2H3. The second-order valence-corrected chi connectivity index (χ2v) is 5.96. The van der Waals surface area contributed by atoms with Gasteiger partial charge in [-0.15, -0.1) is 0 Å². The number of hydrogen-bond acceptors (Lipinski definition) is 5. The van der Waals surface area contributed by atoms with E-state index in [2.05, 4.69) is 22.3 Å². The zero-order valence-corrected chi connectivity index (χ0v) is 13.4. The summed E-state index contributed by atoms with van der Waals surface area (Å²) in [6.07, 6.45) is 2.76. The van der Waals surface area contributed by atoms with Crippen LogP contribution in [-0.4, -0.2) is 39.8 Å². The number of benzene rings is 1. The van der Waals surface area contributed by atoms with Crippen LogP contribution < -0.4 is 15.0 Å². The molecule has 22 heavy (non-hydrogen) atoms. The van der Waals surface area contributed by atoms with Crippen molar-refractivity contribution in [1.29, 1.82) is 0 Å². The molecule has 0 aromatic heterocycles. The molecule has 0 amide bonds. The first-order valence-corrected chi connectivity index (χ1v) is 7.97. The van der Waals surface area contributed by atoms with E-state index in [1.807, 2.05) is 0 Å². The fourth-order valence-electron chi connectivity index (χ4n) is 3.57. The van der Waals surface area contributed by atoms with E-state index in [9.17, 15) is 4.79 Å². The van der Waals surface area contributed by atoms with Crippen LogP contribution in [-0.2, 0) is 22.5 Å². The van der Waals surface area contributed by atoms with E-state index in [0.717, 1.165) is 51.2 Å². The van der Waals surface area contributed by atoms with Crippen molar-refractivity contribution in [1.82, 2.24) is 5.32 Å². The maximum atomic E-state index is 11.7. The molecule has 0 atom stereocenters. The van der Waals surface area contributed by atoms with E-state index in [4.69, 9.17) is 9.47 Å². The summed E-state index contributed by atoms with van der Waals surface area (Å²) >= 11 is 0. The predicted molar refractivity (Wildman–Crippen MR) is 85.4 cm³/mol. The van der Waals surface area contributed by atoms with E-state index < -0.39 is 0 Å². The third-order valence-electron chi connectivity index (χ3n) is 4.81. The summed E-state index contributed by atoms with van der Waals surface area (Å²) in [6, 6.07) is 4.23. The molecule has 0 aliphatic carbocycles. The highest BCUT2D eigenvalue weighted by Crippen LogP contribution is 2.35. The van der Waals surface area contributed by atoms with E-state index in [1.54, 1.807) is 7.11 Å². The molecule has 5 nitrogen and oxygen atoms in total. The second-order valence-electron chi connectivity index (χ2n) is 5.96. The van der Waals surface area contributed by atoms with Crippen molar-refractivity contribution in [2.24, 2.45) is 5.92 Å². The largest absolute Gasteiger partial charge is 0.496 e. The van der Waals surface area contributed by atoms with Gasteiger partial charge in [-0.2, -0.15) is 0 Å². The number of carbonyl (C=O) groups excluding carboxylic acids is 1. The minimum Gasteiger partial charge on any atom is -0.496 e. The van der Waals surface area contributed by atoms with Crippen molar-refractivity contribution in [3.05, 3.63) is 23.3 Å². The number of hydrogen-bond donors (Lipinski definition) is 1. The Kier molecular flexibility index (Phi) is 4.52. The fourth-order valence-corrected chi connectivity index (χ4v) is 3.57. The van der Waals surface area contributed by atoms with Crippen LogP contribution >= 0.6 is 0 Å². The zero-order chi connectivity index (χ0) is 15.5. The molecule has 2 aliphatic rings. The summed E-state index contributed by atoms with van der Waals surface area (Å²) in [5.41, 5.74) is 3.98. The Morgan fingerprint density at radius 3 is 2.68 bits per heavy atom. The van der Waals surface area contributed by atoms with Gasteiger partial charge in [-0.25, -0.2) is 0 Å². The van der Waals surface area contributed by atoms with E-state index in [1.165, 1.54) is 23.9 Å². The number of ether oxygens (including phenoxy) is 2. The number of fused-ring (bicyclic) bond motifs is 1. The molecule has 0 spiro atoms. The maximum Gasteiger partial charge on any atom is 0.308 e. The number of methoxy groups -OCH3 is 2. The smallest absolute Gasteiger partial charge is 0.308 e. The van der Waals surface area contributed by atoms with Gasteiger partial charge in [0.05, 0.1) is 20.1 Å². The number of rotatable bonds is 3. The molecular formula is C17H24N2O3. The maximum absolute atomic E-state index is 11.7. The second kappa shape index (κ2) is 6.57. The minimum absolute atomic E-state index is 0.0528. The quantitative estimate of drug-likeness (QED) is 0.862. The van der Waals surface area contributed by atoms with Crippen LogP contribution in [0.4, 0.5) is 5.69 Å². The summed E-state index contributed by atoms with van der Waals surface area (Å²) in [7, 11) is 3.20. The van der Waals surface area contributed by atoms with Gasteiger partial charge in [0.1, 0.15) is 5.75 Å². The molecule has 0 saturated carbocycles. The molecule has 1 aromatic rings. The Bertz CT molecular complexity index is 551. The molecule has 1 N–H and O–H groups in total. The van der Waals surface area contributed by atoms with Gasteiger partial charge in [-0.3, -0.25) is 4.79 Å². The molecule has 0 radical (unpaired) electrons. The summed E-state index contributed by atoms with van der Waals surface area (Å²) in [5, 5.41) is 3.42. The van der Waals surface area contributed by atoms with Crippen molar-refractivity contribution < 1.29 is 14.3 Å². The SMILES string of the molecule is COC(=O)C1CCN(c2ccc(OC)c3c2CCNC3)CC1. The Labute approximate surface area is 131 Å². The van der Waals surface area contributed by atoms with Crippen LogP contribution in [0.25, 0.3) is 0 Å². The number of esters is 1. The van der Waals surface area contributed by atoms with Crippen LogP contribution in [0.2, 0.25) is 0 Å². The molecule has 1 aromatic carbocycles. The van der Waals surface area contributed by atoms with Gasteiger partial charge in [0, 0.05) is 30.9 Å². The highest BCUT2D eigenvalue weighted by molar-refractivity contribution is 5.73. The first-order chi connectivity index (χ1) is 10.7. The number of anilines is 1. The van der Waals surface area contributed by atoms with Gasteiger partial charge < -0.3 is 19.7 Å². The topological polar surface area (TPSA) is 50.8 Å². The van der Waals surface area contributed by atoms with E-state index in [0.29, 0.717) is 0 Å². The molecule has 2 heterocycles. The van der Waals surface area contributed by atoms with Crippen LogP contribution in [0.3, 0.4) is 0 Å². The number of nitrogens with one attached hydrogen (secondary N) is 1. The highest BCUT2D eigenvalue weighted by Gasteiger charge is 2.28. The fraction of sp³-hybridized carbons (Fsp3) is 0.588. The van der Waals surface area contributed by atoms with Gasteiger partial charge in [-0.1, -0.05) is 0 Å². The van der Waals surface area contributed by atoms with Crippen molar-refractivity contribution in [2.75, 3.05) is 38.8 Å². The number of piperidine rings is 1. The van der Waals surface area contributed by atoms with E-state index in [-0.39, 0.29) is 11.9 Å². The van der Waals surface area contributed by atoms with Crippen molar-refractivity contribution >= 4 is 11.7 Å². The summed E-state index contributed by atoms with van der Waals surface area (Å²) in [5.74, 6) is 0.952. The third kappa shape index (κ3) is 2.77. The average Bonchev–Trinajstić information content (AvgIpc) is 2.60. The van der Waals surface area contributed by atoms with Crippen molar-refractivity contribution in [3.63, 3.8) is 0 Å². The molecule has 5 heteroatoms. The molecule has 0 unspecified atom stereocenters. The summed E-state index contributed by atoms with van der Waals surface area (Å²) in [6.45, 7) is 3.69. The van der Waals surface area contributed by atoms with Gasteiger partial charge >= 0.3 is 5.97 Å². The Hall–Kier alpha value is -1.75. The number of nitrogens with zero attached hydrogens (tertiary/aromatic N) is 1. The Morgan fingerprint density at radius 1 is 1.23 bits per heavy atom. The van der Waals surface area contributed by atoms with Crippen molar-refractivity contribution in [2.45, 2.75) is 25.8 Å². The summed E-state index contributed by atoms with van der Waals surface area (Å²) < 4.78 is 10.4. The Morgan fingerprint density at radius 2 is 2.00 bits per heavy atom. The van der Waals surface area contributed by atoms with Gasteiger partial charge in [0.25, 0.3) is 0 Å². The summed E-state index contributed by atoms with van der Waals surface area (Å²) in [4.78, 5) is 14.1. The van der Waals surface area contributed by atoms with Gasteiger partial charge in [-0.05, 0) is 43.5 Å². The highest BCUT2D eigenvalue weighted by atomic mass is 16.5. The van der Waals surface area contributed by atoms with Crippen molar-refractivity contribution in [3.8, 4) is 5.75 Å². The average molecular weight is 304 g/mol. The lowest BCUT2D eigenvalue weighted by molar-refractivity contribution is -0.146. The third-order valence-corrected chi connectivity index (χ3v) is 4.81. The lowest BCUT2D eigenvalue weighted by atomic mass is 9.93. The van der Waals surface area contributed by atoms with Gasteiger partial charge in [0.2, 0.25) is 0 Å². The first-order valence-electron chi connectivity index (χ1n) is 7.97. The molecule has 1 saturated heterocycles. The Balaban J connectivity index is 1.80. The normalized spacial score (nSPS) is 18.7. The molecule has 120 valence electrons. The lowest BCUT2D eigenvalue weighted by Gasteiger charge is -2.35. The van der Waals surface area contributed by atoms with Crippen LogP contribution in [0.15, 0.2) is 12.1 Å². The minimum atomic E-state index is -0.0689. The van der Waals surface area contributed by atoms with E-state index >= 15 is 0 Å². The van der Waals surface area contributed by atoms with Gasteiger partial charge in [0.15, 0.2) is 0 Å². The zero-order valence-electron chi connectivity index (χ0n) is 13.4. The molecular weight excluding hydrogens is 280 g/mol. The van der Waals surface area contributed by atoms with Crippen LogP contribution in [0.5, 0.6) is 5.75 Å².